The van der Waals surface area contributed by atoms with Gasteiger partial charge in [-0.1, -0.05) is 46.3 Å². The van der Waals surface area contributed by atoms with Crippen molar-refractivity contribution in [2.45, 2.75) is 5.92 Å². The number of thioether (sulfide) groups is 1. The zero-order chi connectivity index (χ0) is 21.5. The van der Waals surface area contributed by atoms with E-state index in [0.717, 1.165) is 10.2 Å². The number of nitriles is 1. The molecular formula is C22H19BrN2O4S. The Bertz CT molecular complexity index is 1000. The van der Waals surface area contributed by atoms with Crippen molar-refractivity contribution in [1.82, 2.24) is 5.32 Å². The molecule has 1 heterocycles. The van der Waals surface area contributed by atoms with Crippen LogP contribution in [0, 0.1) is 17.2 Å². The Hall–Kier alpha value is -2.76. The van der Waals surface area contributed by atoms with Crippen molar-refractivity contribution in [2.24, 2.45) is 5.92 Å². The third kappa shape index (κ3) is 5.04. The van der Waals surface area contributed by atoms with Crippen molar-refractivity contribution < 1.29 is 19.1 Å². The number of halogens is 1. The predicted octanol–water partition coefficient (Wildman–Crippen LogP) is 4.00. The Morgan fingerprint density at radius 1 is 1.23 bits per heavy atom. The molecule has 8 heteroatoms. The number of benzene rings is 2. The van der Waals surface area contributed by atoms with Gasteiger partial charge in [0.2, 0.25) is 5.91 Å². The standard InChI is InChI=1S/C22H19BrN2O4S/c1-28-22(27)19-18(14-6-5-7-15(23)12-14)17(13-24)21(25-20(19)26)30-11-10-29-16-8-3-2-4-9-16/h2-9,12,18-19H,10-11H2,1H3,(H,25,26)/t18-,19-/m0/s1. The number of para-hydroxylation sites is 1. The van der Waals surface area contributed by atoms with Crippen LogP contribution >= 0.6 is 27.7 Å². The van der Waals surface area contributed by atoms with Crippen LogP contribution in [0.5, 0.6) is 5.75 Å². The molecule has 0 radical (unpaired) electrons. The Labute approximate surface area is 187 Å². The summed E-state index contributed by atoms with van der Waals surface area (Å²) in [4.78, 5) is 25.2. The first kappa shape index (κ1) is 21.9. The highest BCUT2D eigenvalue weighted by molar-refractivity contribution is 9.10. The van der Waals surface area contributed by atoms with Crippen molar-refractivity contribution in [1.29, 1.82) is 5.26 Å². The molecule has 1 aliphatic rings. The quantitative estimate of drug-likeness (QED) is 0.361. The average molecular weight is 487 g/mol. The molecule has 2 atom stereocenters. The summed E-state index contributed by atoms with van der Waals surface area (Å²) >= 11 is 4.72. The molecule has 0 bridgehead atoms. The van der Waals surface area contributed by atoms with Crippen molar-refractivity contribution in [3.8, 4) is 11.8 Å². The van der Waals surface area contributed by atoms with Gasteiger partial charge in [0, 0.05) is 16.1 Å². The first-order valence-electron chi connectivity index (χ1n) is 9.14. The normalized spacial score (nSPS) is 18.4. The molecule has 154 valence electrons. The van der Waals surface area contributed by atoms with E-state index in [-0.39, 0.29) is 0 Å². The summed E-state index contributed by atoms with van der Waals surface area (Å²) < 4.78 is 11.3. The number of amides is 1. The second kappa shape index (κ2) is 10.3. The summed E-state index contributed by atoms with van der Waals surface area (Å²) in [6, 6.07) is 18.8. The predicted molar refractivity (Wildman–Crippen MR) is 118 cm³/mol. The number of carbonyl (C=O) groups excluding carboxylic acids is 2. The summed E-state index contributed by atoms with van der Waals surface area (Å²) in [6.07, 6.45) is 0. The van der Waals surface area contributed by atoms with Gasteiger partial charge in [-0.25, -0.2) is 0 Å². The largest absolute Gasteiger partial charge is 0.493 e. The molecule has 1 N–H and O–H groups in total. The lowest BCUT2D eigenvalue weighted by atomic mass is 9.78. The van der Waals surface area contributed by atoms with Crippen LogP contribution in [0.15, 0.2) is 69.7 Å². The summed E-state index contributed by atoms with van der Waals surface area (Å²) in [5.74, 6) is -1.77. The Morgan fingerprint density at radius 2 is 2.00 bits per heavy atom. The van der Waals surface area contributed by atoms with Crippen LogP contribution < -0.4 is 10.1 Å². The van der Waals surface area contributed by atoms with Crippen molar-refractivity contribution in [3.63, 3.8) is 0 Å². The van der Waals surface area contributed by atoms with Gasteiger partial charge in [-0.15, -0.1) is 11.8 Å². The van der Waals surface area contributed by atoms with Gasteiger partial charge >= 0.3 is 5.97 Å². The maximum atomic E-state index is 12.8. The Morgan fingerprint density at radius 3 is 2.67 bits per heavy atom. The van der Waals surface area contributed by atoms with Crippen LogP contribution in [-0.2, 0) is 14.3 Å². The van der Waals surface area contributed by atoms with E-state index >= 15 is 0 Å². The second-order valence-corrected chi connectivity index (χ2v) is 8.41. The molecule has 0 aliphatic carbocycles. The molecule has 0 saturated carbocycles. The highest BCUT2D eigenvalue weighted by Gasteiger charge is 2.44. The molecular weight excluding hydrogens is 468 g/mol. The fourth-order valence-electron chi connectivity index (χ4n) is 3.20. The number of ether oxygens (including phenoxy) is 2. The topological polar surface area (TPSA) is 88.4 Å². The SMILES string of the molecule is COC(=O)[C@@H]1C(=O)NC(SCCOc2ccccc2)=C(C#N)[C@@H]1c1cccc(Br)c1. The first-order valence-corrected chi connectivity index (χ1v) is 10.9. The van der Waals surface area contributed by atoms with E-state index in [0.29, 0.717) is 28.5 Å². The third-order valence-corrected chi connectivity index (χ3v) is 6.01. The van der Waals surface area contributed by atoms with Crippen LogP contribution in [0.3, 0.4) is 0 Å². The summed E-state index contributed by atoms with van der Waals surface area (Å²) in [7, 11) is 1.23. The molecule has 1 aliphatic heterocycles. The van der Waals surface area contributed by atoms with E-state index in [2.05, 4.69) is 27.3 Å². The van der Waals surface area contributed by atoms with E-state index in [9.17, 15) is 14.9 Å². The van der Waals surface area contributed by atoms with Crippen LogP contribution in [-0.4, -0.2) is 31.3 Å². The number of carbonyl (C=O) groups is 2. The van der Waals surface area contributed by atoms with E-state index in [1.807, 2.05) is 36.4 Å². The lowest BCUT2D eigenvalue weighted by Gasteiger charge is -2.31. The van der Waals surface area contributed by atoms with E-state index in [1.165, 1.54) is 18.9 Å². The van der Waals surface area contributed by atoms with E-state index < -0.39 is 23.7 Å². The van der Waals surface area contributed by atoms with Crippen molar-refractivity contribution >= 4 is 39.6 Å². The number of nitrogens with one attached hydrogen (secondary N) is 1. The molecule has 0 aromatic heterocycles. The molecule has 0 fully saturated rings. The fourth-order valence-corrected chi connectivity index (χ4v) is 4.49. The minimum absolute atomic E-state index is 0.327. The van der Waals surface area contributed by atoms with E-state index in [4.69, 9.17) is 9.47 Å². The number of hydrogen-bond donors (Lipinski definition) is 1. The summed E-state index contributed by atoms with van der Waals surface area (Å²) in [5.41, 5.74) is 1.01. The van der Waals surface area contributed by atoms with Crippen LogP contribution in [0.25, 0.3) is 0 Å². The van der Waals surface area contributed by atoms with Gasteiger partial charge in [-0.05, 0) is 29.8 Å². The zero-order valence-corrected chi connectivity index (χ0v) is 18.5. The highest BCUT2D eigenvalue weighted by Crippen LogP contribution is 2.40. The lowest BCUT2D eigenvalue weighted by molar-refractivity contribution is -0.150. The third-order valence-electron chi connectivity index (χ3n) is 4.53. The van der Waals surface area contributed by atoms with Crippen LogP contribution in [0.1, 0.15) is 11.5 Å². The Balaban J connectivity index is 1.86. The number of allylic oxidation sites excluding steroid dienone is 1. The number of esters is 1. The molecule has 6 nitrogen and oxygen atoms in total. The lowest BCUT2D eigenvalue weighted by Crippen LogP contribution is -2.44. The van der Waals surface area contributed by atoms with Gasteiger partial charge < -0.3 is 14.8 Å². The molecule has 0 saturated heterocycles. The van der Waals surface area contributed by atoms with E-state index in [1.54, 1.807) is 18.2 Å². The van der Waals surface area contributed by atoms with Gasteiger partial charge in [0.25, 0.3) is 0 Å². The van der Waals surface area contributed by atoms with Gasteiger partial charge in [0.15, 0.2) is 0 Å². The van der Waals surface area contributed by atoms with Gasteiger partial charge in [0.1, 0.15) is 11.7 Å². The summed E-state index contributed by atoms with van der Waals surface area (Å²) in [6.45, 7) is 0.398. The molecule has 30 heavy (non-hydrogen) atoms. The molecule has 2 aromatic rings. The first-order chi connectivity index (χ1) is 14.5. The minimum atomic E-state index is -1.14. The molecule has 3 rings (SSSR count). The van der Waals surface area contributed by atoms with Gasteiger partial charge in [-0.3, -0.25) is 9.59 Å². The highest BCUT2D eigenvalue weighted by atomic mass is 79.9. The maximum Gasteiger partial charge on any atom is 0.319 e. The second-order valence-electron chi connectivity index (χ2n) is 6.39. The zero-order valence-electron chi connectivity index (χ0n) is 16.1. The molecule has 0 spiro atoms. The number of methoxy groups -OCH3 is 1. The summed E-state index contributed by atoms with van der Waals surface area (Å²) in [5, 5.41) is 13.0. The number of hydrogen-bond acceptors (Lipinski definition) is 6. The van der Waals surface area contributed by atoms with Crippen molar-refractivity contribution in [2.75, 3.05) is 19.5 Å². The molecule has 0 unspecified atom stereocenters. The molecule has 2 aromatic carbocycles. The number of rotatable bonds is 7. The maximum absolute atomic E-state index is 12.8. The smallest absolute Gasteiger partial charge is 0.319 e. The van der Waals surface area contributed by atoms with Gasteiger partial charge in [0.05, 0.1) is 30.4 Å². The van der Waals surface area contributed by atoms with Crippen LogP contribution in [0.4, 0.5) is 0 Å². The fraction of sp³-hybridized carbons (Fsp3) is 0.227. The minimum Gasteiger partial charge on any atom is -0.493 e. The Kier molecular flexibility index (Phi) is 7.55. The monoisotopic (exact) mass is 486 g/mol. The van der Waals surface area contributed by atoms with Gasteiger partial charge in [-0.2, -0.15) is 5.26 Å². The van der Waals surface area contributed by atoms with Crippen molar-refractivity contribution in [3.05, 3.63) is 75.2 Å². The average Bonchev–Trinajstić information content (AvgIpc) is 2.76. The molecule has 1 amide bonds. The number of nitrogens with zero attached hydrogens (tertiary/aromatic N) is 1. The van der Waals surface area contributed by atoms with Crippen LogP contribution in [0.2, 0.25) is 0 Å².